The number of hydrogen-bond acceptors (Lipinski definition) is 4. The van der Waals surface area contributed by atoms with Crippen LogP contribution in [0.5, 0.6) is 17.2 Å². The SMILES string of the molecule is COc1cccc(-c2ccc(O)c(C(=O)O)c2)c1OC. The van der Waals surface area contributed by atoms with Gasteiger partial charge < -0.3 is 19.7 Å². The van der Waals surface area contributed by atoms with Crippen molar-refractivity contribution >= 4 is 5.97 Å². The van der Waals surface area contributed by atoms with Crippen molar-refractivity contribution < 1.29 is 24.5 Å². The van der Waals surface area contributed by atoms with E-state index in [0.717, 1.165) is 0 Å². The largest absolute Gasteiger partial charge is 0.507 e. The van der Waals surface area contributed by atoms with Crippen LogP contribution in [0.3, 0.4) is 0 Å². The van der Waals surface area contributed by atoms with E-state index < -0.39 is 5.97 Å². The first-order chi connectivity index (χ1) is 9.58. The Kier molecular flexibility index (Phi) is 3.79. The normalized spacial score (nSPS) is 10.1. The lowest BCUT2D eigenvalue weighted by molar-refractivity contribution is 0.0694. The van der Waals surface area contributed by atoms with Crippen molar-refractivity contribution in [2.75, 3.05) is 14.2 Å². The van der Waals surface area contributed by atoms with Gasteiger partial charge in [0, 0.05) is 5.56 Å². The predicted molar refractivity (Wildman–Crippen MR) is 73.6 cm³/mol. The Morgan fingerprint density at radius 2 is 1.85 bits per heavy atom. The van der Waals surface area contributed by atoms with E-state index in [2.05, 4.69) is 0 Å². The molecule has 5 heteroatoms. The number of ether oxygens (including phenoxy) is 2. The number of para-hydroxylation sites is 1. The Bertz CT molecular complexity index is 649. The Morgan fingerprint density at radius 3 is 2.45 bits per heavy atom. The molecule has 2 rings (SSSR count). The van der Waals surface area contributed by atoms with E-state index in [0.29, 0.717) is 22.6 Å². The molecule has 0 heterocycles. The summed E-state index contributed by atoms with van der Waals surface area (Å²) in [7, 11) is 3.04. The van der Waals surface area contributed by atoms with Crippen molar-refractivity contribution in [3.63, 3.8) is 0 Å². The fraction of sp³-hybridized carbons (Fsp3) is 0.133. The maximum absolute atomic E-state index is 11.1. The zero-order valence-corrected chi connectivity index (χ0v) is 11.1. The highest BCUT2D eigenvalue weighted by molar-refractivity contribution is 5.93. The van der Waals surface area contributed by atoms with Crippen molar-refractivity contribution in [2.24, 2.45) is 0 Å². The smallest absolute Gasteiger partial charge is 0.339 e. The topological polar surface area (TPSA) is 76.0 Å². The first-order valence-electron chi connectivity index (χ1n) is 5.86. The zero-order valence-electron chi connectivity index (χ0n) is 11.1. The van der Waals surface area contributed by atoms with Gasteiger partial charge in [-0.25, -0.2) is 4.79 Å². The number of methoxy groups -OCH3 is 2. The third kappa shape index (κ3) is 2.38. The summed E-state index contributed by atoms with van der Waals surface area (Å²) >= 11 is 0. The van der Waals surface area contributed by atoms with Crippen LogP contribution in [0.1, 0.15) is 10.4 Å². The molecule has 0 aliphatic carbocycles. The molecule has 0 bridgehead atoms. The summed E-state index contributed by atoms with van der Waals surface area (Å²) in [4.78, 5) is 11.1. The highest BCUT2D eigenvalue weighted by atomic mass is 16.5. The van der Waals surface area contributed by atoms with Gasteiger partial charge in [-0.15, -0.1) is 0 Å². The average Bonchev–Trinajstić information content (AvgIpc) is 2.46. The summed E-state index contributed by atoms with van der Waals surface area (Å²) in [6, 6.07) is 9.69. The second-order valence-electron chi connectivity index (χ2n) is 4.08. The molecule has 0 aliphatic rings. The number of aromatic carboxylic acids is 1. The molecule has 0 spiro atoms. The lowest BCUT2D eigenvalue weighted by Crippen LogP contribution is -1.98. The highest BCUT2D eigenvalue weighted by Gasteiger charge is 2.15. The lowest BCUT2D eigenvalue weighted by atomic mass is 10.0. The minimum Gasteiger partial charge on any atom is -0.507 e. The summed E-state index contributed by atoms with van der Waals surface area (Å²) in [6.07, 6.45) is 0. The number of carboxylic acid groups (broad SMARTS) is 1. The van der Waals surface area contributed by atoms with Crippen LogP contribution in [-0.2, 0) is 0 Å². The Labute approximate surface area is 116 Å². The molecule has 5 nitrogen and oxygen atoms in total. The van der Waals surface area contributed by atoms with E-state index in [1.807, 2.05) is 0 Å². The maximum Gasteiger partial charge on any atom is 0.339 e. The summed E-state index contributed by atoms with van der Waals surface area (Å²) in [6.45, 7) is 0. The fourth-order valence-corrected chi connectivity index (χ4v) is 1.99. The molecule has 0 fully saturated rings. The molecule has 20 heavy (non-hydrogen) atoms. The summed E-state index contributed by atoms with van der Waals surface area (Å²) in [5.74, 6) is -0.402. The van der Waals surface area contributed by atoms with E-state index in [4.69, 9.17) is 14.6 Å². The van der Waals surface area contributed by atoms with Crippen LogP contribution in [0.25, 0.3) is 11.1 Å². The van der Waals surface area contributed by atoms with Gasteiger partial charge in [0.25, 0.3) is 0 Å². The van der Waals surface area contributed by atoms with Crippen LogP contribution in [0.4, 0.5) is 0 Å². The van der Waals surface area contributed by atoms with E-state index in [1.54, 1.807) is 24.3 Å². The molecule has 0 unspecified atom stereocenters. The van der Waals surface area contributed by atoms with Gasteiger partial charge in [-0.05, 0) is 23.8 Å². The van der Waals surface area contributed by atoms with E-state index in [-0.39, 0.29) is 11.3 Å². The van der Waals surface area contributed by atoms with Crippen LogP contribution >= 0.6 is 0 Å². The van der Waals surface area contributed by atoms with E-state index in [9.17, 15) is 9.90 Å². The Hall–Kier alpha value is -2.69. The second-order valence-corrected chi connectivity index (χ2v) is 4.08. The molecule has 0 amide bonds. The third-order valence-electron chi connectivity index (χ3n) is 2.94. The average molecular weight is 274 g/mol. The first kappa shape index (κ1) is 13.7. The van der Waals surface area contributed by atoms with Crippen LogP contribution in [-0.4, -0.2) is 30.4 Å². The van der Waals surface area contributed by atoms with Crippen LogP contribution in [0.15, 0.2) is 36.4 Å². The zero-order chi connectivity index (χ0) is 14.7. The molecular formula is C15H14O5. The number of aromatic hydroxyl groups is 1. The van der Waals surface area contributed by atoms with Crippen LogP contribution in [0, 0.1) is 0 Å². The molecule has 104 valence electrons. The molecule has 0 saturated carbocycles. The van der Waals surface area contributed by atoms with Crippen molar-refractivity contribution in [3.05, 3.63) is 42.0 Å². The molecule has 0 aromatic heterocycles. The Morgan fingerprint density at radius 1 is 1.10 bits per heavy atom. The van der Waals surface area contributed by atoms with E-state index >= 15 is 0 Å². The van der Waals surface area contributed by atoms with Gasteiger partial charge in [-0.2, -0.15) is 0 Å². The number of hydrogen-bond donors (Lipinski definition) is 2. The van der Waals surface area contributed by atoms with Crippen molar-refractivity contribution in [2.45, 2.75) is 0 Å². The van der Waals surface area contributed by atoms with Crippen LogP contribution in [0.2, 0.25) is 0 Å². The quantitative estimate of drug-likeness (QED) is 0.896. The van der Waals surface area contributed by atoms with Crippen molar-refractivity contribution in [3.8, 4) is 28.4 Å². The second kappa shape index (κ2) is 5.52. The molecule has 0 aliphatic heterocycles. The van der Waals surface area contributed by atoms with Crippen LogP contribution < -0.4 is 9.47 Å². The minimum absolute atomic E-state index is 0.160. The number of benzene rings is 2. The predicted octanol–water partition coefficient (Wildman–Crippen LogP) is 2.77. The molecule has 0 atom stereocenters. The maximum atomic E-state index is 11.1. The van der Waals surface area contributed by atoms with Gasteiger partial charge in [0.05, 0.1) is 14.2 Å². The first-order valence-corrected chi connectivity index (χ1v) is 5.86. The Balaban J connectivity index is 2.63. The number of carboxylic acids is 1. The molecule has 2 aromatic carbocycles. The van der Waals surface area contributed by atoms with Gasteiger partial charge in [-0.3, -0.25) is 0 Å². The minimum atomic E-state index is -1.19. The molecule has 0 radical (unpaired) electrons. The van der Waals surface area contributed by atoms with Gasteiger partial charge >= 0.3 is 5.97 Å². The van der Waals surface area contributed by atoms with Crippen molar-refractivity contribution in [1.29, 1.82) is 0 Å². The summed E-state index contributed by atoms with van der Waals surface area (Å²) < 4.78 is 10.5. The highest BCUT2D eigenvalue weighted by Crippen LogP contribution is 2.38. The number of phenols is 1. The van der Waals surface area contributed by atoms with Crippen molar-refractivity contribution in [1.82, 2.24) is 0 Å². The fourth-order valence-electron chi connectivity index (χ4n) is 1.99. The van der Waals surface area contributed by atoms with Gasteiger partial charge in [0.1, 0.15) is 11.3 Å². The molecular weight excluding hydrogens is 260 g/mol. The summed E-state index contributed by atoms with van der Waals surface area (Å²) in [5, 5.41) is 18.6. The summed E-state index contributed by atoms with van der Waals surface area (Å²) in [5.41, 5.74) is 1.15. The molecule has 0 saturated heterocycles. The van der Waals surface area contributed by atoms with Gasteiger partial charge in [0.2, 0.25) is 0 Å². The standard InChI is InChI=1S/C15H14O5/c1-19-13-5-3-4-10(14(13)20-2)9-6-7-12(16)11(8-9)15(17)18/h3-8,16H,1-2H3,(H,17,18). The molecule has 2 N–H and O–H groups in total. The number of carbonyl (C=O) groups is 1. The lowest BCUT2D eigenvalue weighted by Gasteiger charge is -2.13. The monoisotopic (exact) mass is 274 g/mol. The number of rotatable bonds is 4. The molecule has 2 aromatic rings. The third-order valence-corrected chi connectivity index (χ3v) is 2.94. The van der Waals surface area contributed by atoms with E-state index in [1.165, 1.54) is 26.4 Å². The van der Waals surface area contributed by atoms with Gasteiger partial charge in [-0.1, -0.05) is 18.2 Å². The van der Waals surface area contributed by atoms with Gasteiger partial charge in [0.15, 0.2) is 11.5 Å².